The Morgan fingerprint density at radius 3 is 2.78 bits per heavy atom. The second kappa shape index (κ2) is 9.83. The zero-order chi connectivity index (χ0) is 22.7. The van der Waals surface area contributed by atoms with Gasteiger partial charge in [0.05, 0.1) is 11.7 Å². The van der Waals surface area contributed by atoms with E-state index < -0.39 is 0 Å². The van der Waals surface area contributed by atoms with Crippen molar-refractivity contribution in [1.29, 1.82) is 0 Å². The summed E-state index contributed by atoms with van der Waals surface area (Å²) in [6.07, 6.45) is 5.74. The van der Waals surface area contributed by atoms with Crippen LogP contribution in [-0.2, 0) is 0 Å². The molecule has 2 aromatic rings. The highest BCUT2D eigenvalue weighted by atomic mass is 15.1. The van der Waals surface area contributed by atoms with Crippen LogP contribution in [0.5, 0.6) is 0 Å². The second-order valence-electron chi connectivity index (χ2n) is 9.37. The quantitative estimate of drug-likeness (QED) is 0.571. The Morgan fingerprint density at radius 1 is 1.25 bits per heavy atom. The van der Waals surface area contributed by atoms with Gasteiger partial charge in [0, 0.05) is 42.6 Å². The molecule has 4 nitrogen and oxygen atoms in total. The van der Waals surface area contributed by atoms with Gasteiger partial charge in [0.15, 0.2) is 0 Å². The lowest BCUT2D eigenvalue weighted by atomic mass is 9.90. The standard InChI is InChI=1S/C28H38N4/c1-5-20(3)32-15-12-22(13-16-32)23-9-10-25-26(18-23)27(11-14-30-28(25)21(4)29)31-24-8-6-7-19(2)17-24/h6-10,12,17-18,20,27,30-31H,5,11,13-16,29H2,1-4H3/b28-21-. The number of nitrogens with two attached hydrogens (primary N) is 1. The first-order chi connectivity index (χ1) is 15.5. The van der Waals surface area contributed by atoms with E-state index in [9.17, 15) is 0 Å². The molecule has 4 rings (SSSR count). The summed E-state index contributed by atoms with van der Waals surface area (Å²) in [5.74, 6) is 0. The molecule has 170 valence electrons. The third-order valence-corrected chi connectivity index (χ3v) is 7.01. The highest BCUT2D eigenvalue weighted by Gasteiger charge is 2.24. The van der Waals surface area contributed by atoms with Gasteiger partial charge in [-0.25, -0.2) is 0 Å². The van der Waals surface area contributed by atoms with Crippen molar-refractivity contribution in [1.82, 2.24) is 10.2 Å². The van der Waals surface area contributed by atoms with E-state index >= 15 is 0 Å². The van der Waals surface area contributed by atoms with Gasteiger partial charge in [-0.05, 0) is 80.5 Å². The van der Waals surface area contributed by atoms with E-state index in [1.165, 1.54) is 39.9 Å². The van der Waals surface area contributed by atoms with Crippen LogP contribution in [0.15, 0.2) is 54.2 Å². The van der Waals surface area contributed by atoms with Gasteiger partial charge in [-0.15, -0.1) is 0 Å². The fourth-order valence-corrected chi connectivity index (χ4v) is 4.91. The van der Waals surface area contributed by atoms with Crippen LogP contribution in [0, 0.1) is 6.92 Å². The lowest BCUT2D eigenvalue weighted by molar-refractivity contribution is 0.225. The minimum Gasteiger partial charge on any atom is -0.401 e. The van der Waals surface area contributed by atoms with Crippen LogP contribution < -0.4 is 16.4 Å². The Bertz CT molecular complexity index is 1020. The van der Waals surface area contributed by atoms with Gasteiger partial charge < -0.3 is 16.4 Å². The summed E-state index contributed by atoms with van der Waals surface area (Å²) in [5, 5.41) is 7.39. The monoisotopic (exact) mass is 430 g/mol. The van der Waals surface area contributed by atoms with E-state index in [-0.39, 0.29) is 6.04 Å². The van der Waals surface area contributed by atoms with E-state index in [0.717, 1.165) is 43.9 Å². The number of anilines is 1. The summed E-state index contributed by atoms with van der Waals surface area (Å²) in [5.41, 5.74) is 16.0. The summed E-state index contributed by atoms with van der Waals surface area (Å²) >= 11 is 0. The molecule has 0 saturated carbocycles. The van der Waals surface area contributed by atoms with Crippen molar-refractivity contribution in [3.05, 3.63) is 76.5 Å². The zero-order valence-corrected chi connectivity index (χ0v) is 20.0. The van der Waals surface area contributed by atoms with Crippen molar-refractivity contribution in [2.75, 3.05) is 25.0 Å². The molecule has 4 heteroatoms. The van der Waals surface area contributed by atoms with Crippen LogP contribution in [0.25, 0.3) is 11.3 Å². The predicted molar refractivity (Wildman–Crippen MR) is 137 cm³/mol. The molecule has 0 fully saturated rings. The number of hydrogen-bond acceptors (Lipinski definition) is 4. The first-order valence-electron chi connectivity index (χ1n) is 12.1. The number of hydrogen-bond donors (Lipinski definition) is 3. The van der Waals surface area contributed by atoms with Crippen LogP contribution in [0.4, 0.5) is 5.69 Å². The topological polar surface area (TPSA) is 53.3 Å². The maximum Gasteiger partial charge on any atom is 0.0605 e. The van der Waals surface area contributed by atoms with Crippen LogP contribution in [0.2, 0.25) is 0 Å². The van der Waals surface area contributed by atoms with Gasteiger partial charge >= 0.3 is 0 Å². The number of aryl methyl sites for hydroxylation is 1. The summed E-state index contributed by atoms with van der Waals surface area (Å²) in [7, 11) is 0. The van der Waals surface area contributed by atoms with E-state index in [0.29, 0.717) is 6.04 Å². The third-order valence-electron chi connectivity index (χ3n) is 7.01. The molecule has 2 atom stereocenters. The number of nitrogens with zero attached hydrogens (tertiary/aromatic N) is 1. The summed E-state index contributed by atoms with van der Waals surface area (Å²) < 4.78 is 0. The highest BCUT2D eigenvalue weighted by molar-refractivity contribution is 5.75. The van der Waals surface area contributed by atoms with Crippen molar-refractivity contribution >= 4 is 17.0 Å². The molecular weight excluding hydrogens is 392 g/mol. The fourth-order valence-electron chi connectivity index (χ4n) is 4.91. The largest absolute Gasteiger partial charge is 0.401 e. The normalized spacial score (nSPS) is 21.6. The highest BCUT2D eigenvalue weighted by Crippen LogP contribution is 2.35. The Balaban J connectivity index is 1.69. The molecule has 0 saturated heterocycles. The number of benzene rings is 2. The van der Waals surface area contributed by atoms with Crippen molar-refractivity contribution in [2.24, 2.45) is 5.73 Å². The first kappa shape index (κ1) is 22.5. The molecular formula is C28H38N4. The number of rotatable bonds is 5. The minimum atomic E-state index is 0.233. The maximum absolute atomic E-state index is 6.29. The Morgan fingerprint density at radius 2 is 2.09 bits per heavy atom. The molecule has 0 bridgehead atoms. The molecule has 0 amide bonds. The SMILES string of the molecule is CCC(C)N1CC=C(c2ccc3c(c2)C(Nc2cccc(C)c2)CCN/C3=C(/C)N)CC1. The van der Waals surface area contributed by atoms with Crippen molar-refractivity contribution in [3.63, 3.8) is 0 Å². The number of allylic oxidation sites excluding steroid dienone is 1. The van der Waals surface area contributed by atoms with Crippen LogP contribution >= 0.6 is 0 Å². The van der Waals surface area contributed by atoms with Crippen LogP contribution in [0.3, 0.4) is 0 Å². The Hall–Kier alpha value is -2.72. The zero-order valence-electron chi connectivity index (χ0n) is 20.0. The average Bonchev–Trinajstić information content (AvgIpc) is 2.98. The summed E-state index contributed by atoms with van der Waals surface area (Å²) in [4.78, 5) is 2.58. The molecule has 2 aliphatic heterocycles. The van der Waals surface area contributed by atoms with E-state index in [1.54, 1.807) is 0 Å². The molecule has 0 aliphatic carbocycles. The number of fused-ring (bicyclic) bond motifs is 1. The van der Waals surface area contributed by atoms with Gasteiger partial charge in [0.25, 0.3) is 0 Å². The minimum absolute atomic E-state index is 0.233. The molecule has 2 heterocycles. The molecule has 32 heavy (non-hydrogen) atoms. The molecule has 0 aromatic heterocycles. The average molecular weight is 431 g/mol. The van der Waals surface area contributed by atoms with Gasteiger partial charge in [-0.2, -0.15) is 0 Å². The van der Waals surface area contributed by atoms with E-state index in [4.69, 9.17) is 5.73 Å². The lowest BCUT2D eigenvalue weighted by Crippen LogP contribution is -2.36. The smallest absolute Gasteiger partial charge is 0.0605 e. The molecule has 0 radical (unpaired) electrons. The molecule has 2 aromatic carbocycles. The predicted octanol–water partition coefficient (Wildman–Crippen LogP) is 5.68. The summed E-state index contributed by atoms with van der Waals surface area (Å²) in [6.45, 7) is 11.8. The van der Waals surface area contributed by atoms with Gasteiger partial charge in [-0.3, -0.25) is 4.90 Å². The van der Waals surface area contributed by atoms with Crippen molar-refractivity contribution in [3.8, 4) is 0 Å². The summed E-state index contributed by atoms with van der Waals surface area (Å²) in [6, 6.07) is 16.5. The van der Waals surface area contributed by atoms with Crippen LogP contribution in [-0.4, -0.2) is 30.6 Å². The van der Waals surface area contributed by atoms with Crippen LogP contribution in [0.1, 0.15) is 68.3 Å². The van der Waals surface area contributed by atoms with Gasteiger partial charge in [-0.1, -0.05) is 37.3 Å². The third kappa shape index (κ3) is 4.86. The molecule has 2 aliphatic rings. The molecule has 4 N–H and O–H groups in total. The Kier molecular flexibility index (Phi) is 6.90. The van der Waals surface area contributed by atoms with Gasteiger partial charge in [0.1, 0.15) is 0 Å². The van der Waals surface area contributed by atoms with Crippen molar-refractivity contribution in [2.45, 2.75) is 59.0 Å². The van der Waals surface area contributed by atoms with Gasteiger partial charge in [0.2, 0.25) is 0 Å². The fraction of sp³-hybridized carbons (Fsp3) is 0.429. The molecule has 2 unspecified atom stereocenters. The number of nitrogens with one attached hydrogen (secondary N) is 2. The van der Waals surface area contributed by atoms with E-state index in [1.807, 2.05) is 6.92 Å². The maximum atomic E-state index is 6.29. The Labute approximate surface area is 193 Å². The molecule has 0 spiro atoms. The first-order valence-corrected chi connectivity index (χ1v) is 12.1. The lowest BCUT2D eigenvalue weighted by Gasteiger charge is -2.31. The van der Waals surface area contributed by atoms with Crippen molar-refractivity contribution < 1.29 is 0 Å². The van der Waals surface area contributed by atoms with E-state index in [2.05, 4.69) is 84.8 Å². The second-order valence-corrected chi connectivity index (χ2v) is 9.37.